The molecule has 3 aromatic carbocycles. The molecule has 2 heterocycles. The summed E-state index contributed by atoms with van der Waals surface area (Å²) in [7, 11) is 0. The summed E-state index contributed by atoms with van der Waals surface area (Å²) in [5.74, 6) is 0.684. The van der Waals surface area contributed by atoms with Gasteiger partial charge in [0.05, 0.1) is 12.2 Å². The quantitative estimate of drug-likeness (QED) is 0.434. The van der Waals surface area contributed by atoms with Crippen LogP contribution in [0.4, 0.5) is 11.4 Å². The van der Waals surface area contributed by atoms with Gasteiger partial charge in [0.15, 0.2) is 6.61 Å². The smallest absolute Gasteiger partial charge is 0.265 e. The van der Waals surface area contributed by atoms with Crippen molar-refractivity contribution in [2.45, 2.75) is 46.1 Å². The monoisotopic (exact) mass is 511 g/mol. The van der Waals surface area contributed by atoms with Gasteiger partial charge in [-0.15, -0.1) is 0 Å². The molecular weight excluding hydrogens is 474 g/mol. The van der Waals surface area contributed by atoms with Crippen molar-refractivity contribution >= 4 is 23.2 Å². The number of fused-ring (bicyclic) bond motifs is 1. The van der Waals surface area contributed by atoms with Crippen molar-refractivity contribution in [3.8, 4) is 5.75 Å². The zero-order valence-electron chi connectivity index (χ0n) is 22.9. The highest BCUT2D eigenvalue weighted by Crippen LogP contribution is 2.38. The molecular formula is C32H37N3O3. The molecule has 3 aromatic rings. The van der Waals surface area contributed by atoms with Crippen LogP contribution in [0.15, 0.2) is 66.7 Å². The first-order chi connectivity index (χ1) is 18.3. The third-order valence-corrected chi connectivity index (χ3v) is 8.10. The second-order valence-electron chi connectivity index (χ2n) is 11.0. The molecule has 0 bridgehead atoms. The Kier molecular flexibility index (Phi) is 7.15. The van der Waals surface area contributed by atoms with Crippen LogP contribution in [-0.4, -0.2) is 49.5 Å². The van der Waals surface area contributed by atoms with Gasteiger partial charge in [-0.05, 0) is 65.8 Å². The van der Waals surface area contributed by atoms with Crippen molar-refractivity contribution in [1.29, 1.82) is 0 Å². The summed E-state index contributed by atoms with van der Waals surface area (Å²) in [6, 6.07) is 22.2. The topological polar surface area (TPSA) is 53.1 Å². The van der Waals surface area contributed by atoms with Crippen molar-refractivity contribution in [2.75, 3.05) is 42.6 Å². The Morgan fingerprint density at radius 2 is 1.68 bits per heavy atom. The highest BCUT2D eigenvalue weighted by atomic mass is 16.5. The molecule has 0 radical (unpaired) electrons. The van der Waals surface area contributed by atoms with E-state index >= 15 is 0 Å². The van der Waals surface area contributed by atoms with E-state index in [-0.39, 0.29) is 23.8 Å². The van der Waals surface area contributed by atoms with Gasteiger partial charge >= 0.3 is 0 Å². The van der Waals surface area contributed by atoms with E-state index in [0.717, 1.165) is 36.5 Å². The summed E-state index contributed by atoms with van der Waals surface area (Å²) in [6.07, 6.45) is 0.990. The van der Waals surface area contributed by atoms with E-state index in [2.05, 4.69) is 69.0 Å². The molecule has 0 saturated carbocycles. The fourth-order valence-electron chi connectivity index (χ4n) is 5.24. The van der Waals surface area contributed by atoms with Crippen LogP contribution >= 0.6 is 0 Å². The fourth-order valence-corrected chi connectivity index (χ4v) is 5.24. The fraction of sp³-hybridized carbons (Fsp3) is 0.375. The number of carbonyl (C=O) groups is 2. The van der Waals surface area contributed by atoms with Crippen LogP contribution in [0.1, 0.15) is 54.2 Å². The summed E-state index contributed by atoms with van der Waals surface area (Å²) < 4.78 is 5.74. The zero-order valence-corrected chi connectivity index (χ0v) is 22.9. The summed E-state index contributed by atoms with van der Waals surface area (Å²) in [5.41, 5.74) is 6.05. The van der Waals surface area contributed by atoms with E-state index in [1.165, 1.54) is 16.8 Å². The molecule has 6 heteroatoms. The third kappa shape index (κ3) is 5.13. The largest absolute Gasteiger partial charge is 0.482 e. The summed E-state index contributed by atoms with van der Waals surface area (Å²) in [5, 5.41) is 0. The van der Waals surface area contributed by atoms with Gasteiger partial charge in [0.25, 0.3) is 11.8 Å². The highest BCUT2D eigenvalue weighted by Gasteiger charge is 2.29. The van der Waals surface area contributed by atoms with Gasteiger partial charge < -0.3 is 19.4 Å². The predicted molar refractivity (Wildman–Crippen MR) is 152 cm³/mol. The number of hydrogen-bond donors (Lipinski definition) is 0. The number of nitrogens with zero attached hydrogens (tertiary/aromatic N) is 3. The standard InChI is InChI=1S/C32H37N3O3/c1-5-32(3,4)26-13-14-29-28(20-26)35(30(36)22-38-29)21-24-10-8-11-25(19-24)31(37)34-17-15-33(16-18-34)27-12-7-6-9-23(27)2/h6-14,19-20H,5,15-18,21-22H2,1-4H3. The van der Waals surface area contributed by atoms with Crippen LogP contribution < -0.4 is 14.5 Å². The Labute approximate surface area is 225 Å². The summed E-state index contributed by atoms with van der Waals surface area (Å²) >= 11 is 0. The van der Waals surface area contributed by atoms with Gasteiger partial charge in [0, 0.05) is 37.4 Å². The minimum atomic E-state index is -0.0759. The van der Waals surface area contributed by atoms with Crippen LogP contribution in [0.2, 0.25) is 0 Å². The molecule has 2 aliphatic rings. The maximum absolute atomic E-state index is 13.4. The molecule has 6 nitrogen and oxygen atoms in total. The normalized spacial score (nSPS) is 15.8. The third-order valence-electron chi connectivity index (χ3n) is 8.10. The van der Waals surface area contributed by atoms with Gasteiger partial charge in [0.2, 0.25) is 0 Å². The molecule has 2 aliphatic heterocycles. The molecule has 0 atom stereocenters. The average Bonchev–Trinajstić information content (AvgIpc) is 2.94. The Morgan fingerprint density at radius 3 is 2.42 bits per heavy atom. The molecule has 1 saturated heterocycles. The molecule has 0 spiro atoms. The number of anilines is 2. The Balaban J connectivity index is 1.31. The average molecular weight is 512 g/mol. The van der Waals surface area contributed by atoms with Crippen molar-refractivity contribution in [1.82, 2.24) is 4.90 Å². The van der Waals surface area contributed by atoms with Gasteiger partial charge in [-0.2, -0.15) is 0 Å². The minimum absolute atomic E-state index is 0.00321. The number of aryl methyl sites for hydroxylation is 1. The van der Waals surface area contributed by atoms with E-state index in [1.54, 1.807) is 4.90 Å². The lowest BCUT2D eigenvalue weighted by Crippen LogP contribution is -2.49. The number of piperazine rings is 1. The van der Waals surface area contributed by atoms with Crippen LogP contribution in [0.25, 0.3) is 0 Å². The molecule has 2 amide bonds. The first kappa shape index (κ1) is 25.8. The lowest BCUT2D eigenvalue weighted by Gasteiger charge is -2.37. The summed E-state index contributed by atoms with van der Waals surface area (Å²) in [4.78, 5) is 32.4. The van der Waals surface area contributed by atoms with Gasteiger partial charge in [-0.25, -0.2) is 0 Å². The molecule has 0 N–H and O–H groups in total. The van der Waals surface area contributed by atoms with E-state index in [9.17, 15) is 9.59 Å². The van der Waals surface area contributed by atoms with E-state index in [4.69, 9.17) is 4.74 Å². The highest BCUT2D eigenvalue weighted by molar-refractivity contribution is 5.98. The van der Waals surface area contributed by atoms with E-state index in [0.29, 0.717) is 25.2 Å². The molecule has 198 valence electrons. The number of hydrogen-bond acceptors (Lipinski definition) is 4. The van der Waals surface area contributed by atoms with Crippen LogP contribution in [-0.2, 0) is 16.8 Å². The number of rotatable bonds is 6. The molecule has 5 rings (SSSR count). The van der Waals surface area contributed by atoms with Gasteiger partial charge in [0.1, 0.15) is 5.75 Å². The van der Waals surface area contributed by atoms with Crippen LogP contribution in [0.5, 0.6) is 5.75 Å². The number of benzene rings is 3. The van der Waals surface area contributed by atoms with Gasteiger partial charge in [-0.1, -0.05) is 57.2 Å². The Hall–Kier alpha value is -3.80. The Bertz CT molecular complexity index is 1340. The molecule has 0 aliphatic carbocycles. The SMILES string of the molecule is CCC(C)(C)c1ccc2c(c1)N(Cc1cccc(C(=O)N3CCN(c4ccccc4C)CC3)c1)C(=O)CO2. The van der Waals surface area contributed by atoms with Crippen molar-refractivity contribution in [3.05, 3.63) is 89.0 Å². The lowest BCUT2D eigenvalue weighted by molar-refractivity contribution is -0.121. The number of ether oxygens (including phenoxy) is 1. The Morgan fingerprint density at radius 1 is 0.921 bits per heavy atom. The van der Waals surface area contributed by atoms with E-state index in [1.807, 2.05) is 35.2 Å². The first-order valence-electron chi connectivity index (χ1n) is 13.5. The predicted octanol–water partition coefficient (Wildman–Crippen LogP) is 5.57. The molecule has 0 aromatic heterocycles. The molecule has 38 heavy (non-hydrogen) atoms. The number of para-hydroxylation sites is 1. The van der Waals surface area contributed by atoms with Crippen molar-refractivity contribution < 1.29 is 14.3 Å². The number of amides is 2. The molecule has 0 unspecified atom stereocenters. The maximum atomic E-state index is 13.4. The minimum Gasteiger partial charge on any atom is -0.482 e. The first-order valence-corrected chi connectivity index (χ1v) is 13.5. The van der Waals surface area contributed by atoms with Crippen molar-refractivity contribution in [2.24, 2.45) is 0 Å². The van der Waals surface area contributed by atoms with Gasteiger partial charge in [-0.3, -0.25) is 9.59 Å². The number of carbonyl (C=O) groups excluding carboxylic acids is 2. The van der Waals surface area contributed by atoms with Crippen LogP contribution in [0.3, 0.4) is 0 Å². The summed E-state index contributed by atoms with van der Waals surface area (Å²) in [6.45, 7) is 12.1. The lowest BCUT2D eigenvalue weighted by atomic mass is 9.82. The van der Waals surface area contributed by atoms with E-state index < -0.39 is 0 Å². The van der Waals surface area contributed by atoms with Crippen molar-refractivity contribution in [3.63, 3.8) is 0 Å². The second-order valence-corrected chi connectivity index (χ2v) is 11.0. The maximum Gasteiger partial charge on any atom is 0.265 e. The zero-order chi connectivity index (χ0) is 26.9. The van der Waals surface area contributed by atoms with Crippen LogP contribution in [0, 0.1) is 6.92 Å². The molecule has 1 fully saturated rings. The second kappa shape index (κ2) is 10.5.